The maximum Gasteiger partial charge on any atom is 0.246 e. The second-order valence-corrected chi connectivity index (χ2v) is 8.40. The Morgan fingerprint density at radius 2 is 2.12 bits per heavy atom. The van der Waals surface area contributed by atoms with E-state index >= 15 is 0 Å². The Labute approximate surface area is 161 Å². The zero-order chi connectivity index (χ0) is 17.7. The van der Waals surface area contributed by atoms with E-state index < -0.39 is 10.0 Å². The largest absolute Gasteiger partial charge is 0.490 e. The van der Waals surface area contributed by atoms with Gasteiger partial charge in [0.1, 0.15) is 17.3 Å². The number of hydrogen-bond acceptors (Lipinski definition) is 5. The predicted octanol–water partition coefficient (Wildman–Crippen LogP) is 2.53. The van der Waals surface area contributed by atoms with Crippen molar-refractivity contribution in [2.24, 2.45) is 11.7 Å². The van der Waals surface area contributed by atoms with Gasteiger partial charge in [-0.1, -0.05) is 11.6 Å². The maximum atomic E-state index is 13.1. The number of sulfonamides is 1. The molecule has 0 aliphatic carbocycles. The molecule has 2 atom stereocenters. The minimum absolute atomic E-state index is 0. The third-order valence-corrected chi connectivity index (χ3v) is 6.35. The summed E-state index contributed by atoms with van der Waals surface area (Å²) >= 11 is 6.02. The summed E-state index contributed by atoms with van der Waals surface area (Å²) in [6, 6.07) is 4.59. The molecule has 0 bridgehead atoms. The Morgan fingerprint density at radius 3 is 2.76 bits per heavy atom. The van der Waals surface area contributed by atoms with Crippen LogP contribution in [0.25, 0.3) is 0 Å². The fraction of sp³-hybridized carbons (Fsp3) is 0.625. The molecule has 2 rings (SSSR count). The summed E-state index contributed by atoms with van der Waals surface area (Å²) in [6.07, 6.45) is 1.74. The highest BCUT2D eigenvalue weighted by Crippen LogP contribution is 2.32. The van der Waals surface area contributed by atoms with Crippen LogP contribution in [-0.4, -0.2) is 52.2 Å². The number of methoxy groups -OCH3 is 1. The van der Waals surface area contributed by atoms with Gasteiger partial charge in [0.05, 0.1) is 6.61 Å². The summed E-state index contributed by atoms with van der Waals surface area (Å²) in [6.45, 7) is 3.46. The van der Waals surface area contributed by atoms with Gasteiger partial charge in [-0.25, -0.2) is 8.42 Å². The third kappa shape index (κ3) is 5.70. The van der Waals surface area contributed by atoms with Gasteiger partial charge < -0.3 is 15.2 Å². The van der Waals surface area contributed by atoms with Crippen LogP contribution in [0.5, 0.6) is 5.75 Å². The number of rotatable bonds is 7. The van der Waals surface area contributed by atoms with Crippen LogP contribution in [0.4, 0.5) is 0 Å². The highest BCUT2D eigenvalue weighted by molar-refractivity contribution is 7.89. The highest BCUT2D eigenvalue weighted by atomic mass is 35.5. The van der Waals surface area contributed by atoms with E-state index in [-0.39, 0.29) is 35.9 Å². The van der Waals surface area contributed by atoms with Gasteiger partial charge in [-0.3, -0.25) is 0 Å². The molecule has 1 aromatic rings. The topological polar surface area (TPSA) is 81.9 Å². The fourth-order valence-electron chi connectivity index (χ4n) is 2.80. The molecule has 25 heavy (non-hydrogen) atoms. The molecule has 0 amide bonds. The van der Waals surface area contributed by atoms with Gasteiger partial charge in [-0.15, -0.1) is 12.4 Å². The molecule has 2 unspecified atom stereocenters. The molecule has 0 saturated carbocycles. The van der Waals surface area contributed by atoms with E-state index in [2.05, 4.69) is 0 Å². The SMILES string of the molecule is COCCOc1ccc(Cl)cc1S(=O)(=O)N1CCCC(C(C)N)C1.Cl. The van der Waals surface area contributed by atoms with Gasteiger partial charge in [0.25, 0.3) is 0 Å². The summed E-state index contributed by atoms with van der Waals surface area (Å²) in [7, 11) is -2.13. The average Bonchev–Trinajstić information content (AvgIpc) is 2.56. The van der Waals surface area contributed by atoms with E-state index in [1.807, 2.05) is 6.92 Å². The lowest BCUT2D eigenvalue weighted by molar-refractivity contribution is 0.144. The van der Waals surface area contributed by atoms with Crippen LogP contribution in [0.3, 0.4) is 0 Å². The van der Waals surface area contributed by atoms with Crippen LogP contribution >= 0.6 is 24.0 Å². The summed E-state index contributed by atoms with van der Waals surface area (Å²) in [5.74, 6) is 0.449. The van der Waals surface area contributed by atoms with E-state index in [4.69, 9.17) is 26.8 Å². The van der Waals surface area contributed by atoms with Crippen LogP contribution in [0.2, 0.25) is 5.02 Å². The highest BCUT2D eigenvalue weighted by Gasteiger charge is 2.33. The zero-order valence-corrected chi connectivity index (χ0v) is 16.9. The van der Waals surface area contributed by atoms with Crippen LogP contribution in [0, 0.1) is 5.92 Å². The van der Waals surface area contributed by atoms with E-state index in [1.54, 1.807) is 19.2 Å². The van der Waals surface area contributed by atoms with Crippen molar-refractivity contribution in [1.29, 1.82) is 0 Å². The average molecular weight is 413 g/mol. The first-order valence-electron chi connectivity index (χ1n) is 8.03. The molecule has 1 saturated heterocycles. The van der Waals surface area contributed by atoms with E-state index in [0.717, 1.165) is 12.8 Å². The molecular formula is C16H26Cl2N2O4S. The van der Waals surface area contributed by atoms with Crippen LogP contribution in [-0.2, 0) is 14.8 Å². The standard InChI is InChI=1S/C16H25ClN2O4S.ClH/c1-12(18)13-4-3-7-19(11-13)24(20,21)16-10-14(17)5-6-15(16)23-9-8-22-2;/h5-6,10,12-13H,3-4,7-9,11,18H2,1-2H3;1H. The molecule has 6 nitrogen and oxygen atoms in total. The fourth-order valence-corrected chi connectivity index (χ4v) is 4.73. The summed E-state index contributed by atoms with van der Waals surface area (Å²) in [4.78, 5) is 0.0939. The molecule has 2 N–H and O–H groups in total. The zero-order valence-electron chi connectivity index (χ0n) is 14.5. The van der Waals surface area contributed by atoms with Crippen LogP contribution < -0.4 is 10.5 Å². The Morgan fingerprint density at radius 1 is 1.40 bits per heavy atom. The Balaban J connectivity index is 0.00000312. The van der Waals surface area contributed by atoms with Crippen molar-refractivity contribution < 1.29 is 17.9 Å². The predicted molar refractivity (Wildman–Crippen MR) is 101 cm³/mol. The number of nitrogens with zero attached hydrogens (tertiary/aromatic N) is 1. The van der Waals surface area contributed by atoms with Gasteiger partial charge in [0.15, 0.2) is 0 Å². The van der Waals surface area contributed by atoms with Crippen molar-refractivity contribution in [3.63, 3.8) is 0 Å². The van der Waals surface area contributed by atoms with Crippen molar-refractivity contribution in [2.75, 3.05) is 33.4 Å². The Kier molecular flexibility index (Phi) is 8.94. The number of ether oxygens (including phenoxy) is 2. The summed E-state index contributed by atoms with van der Waals surface area (Å²) < 4.78 is 38.2. The first kappa shape index (κ1) is 22.5. The normalized spacial score (nSPS) is 19.9. The lowest BCUT2D eigenvalue weighted by atomic mass is 9.93. The monoisotopic (exact) mass is 412 g/mol. The van der Waals surface area contributed by atoms with Crippen molar-refractivity contribution in [3.8, 4) is 5.75 Å². The van der Waals surface area contributed by atoms with Gasteiger partial charge >= 0.3 is 0 Å². The number of benzene rings is 1. The molecular weight excluding hydrogens is 387 g/mol. The van der Waals surface area contributed by atoms with Crippen molar-refractivity contribution in [3.05, 3.63) is 23.2 Å². The molecule has 1 heterocycles. The molecule has 0 aromatic heterocycles. The van der Waals surface area contributed by atoms with E-state index in [9.17, 15) is 8.42 Å². The molecule has 144 valence electrons. The quantitative estimate of drug-likeness (QED) is 0.695. The smallest absolute Gasteiger partial charge is 0.246 e. The lowest BCUT2D eigenvalue weighted by Gasteiger charge is -2.34. The van der Waals surface area contributed by atoms with E-state index in [0.29, 0.717) is 30.5 Å². The van der Waals surface area contributed by atoms with Crippen LogP contribution in [0.1, 0.15) is 19.8 Å². The van der Waals surface area contributed by atoms with E-state index in [1.165, 1.54) is 10.4 Å². The Bertz CT molecular complexity index is 656. The molecule has 1 aliphatic rings. The van der Waals surface area contributed by atoms with Crippen molar-refractivity contribution in [2.45, 2.75) is 30.7 Å². The molecule has 0 spiro atoms. The van der Waals surface area contributed by atoms with Gasteiger partial charge in [-0.2, -0.15) is 4.31 Å². The number of piperidine rings is 1. The van der Waals surface area contributed by atoms with Crippen LogP contribution in [0.15, 0.2) is 23.1 Å². The summed E-state index contributed by atoms with van der Waals surface area (Å²) in [5.41, 5.74) is 5.97. The molecule has 1 aliphatic heterocycles. The lowest BCUT2D eigenvalue weighted by Crippen LogP contribution is -2.45. The minimum Gasteiger partial charge on any atom is -0.490 e. The molecule has 1 aromatic carbocycles. The molecule has 9 heteroatoms. The number of hydrogen-bond donors (Lipinski definition) is 1. The number of nitrogens with two attached hydrogens (primary N) is 1. The maximum absolute atomic E-state index is 13.1. The third-order valence-electron chi connectivity index (χ3n) is 4.23. The minimum atomic E-state index is -3.69. The second kappa shape index (κ2) is 9.94. The molecule has 0 radical (unpaired) electrons. The van der Waals surface area contributed by atoms with Crippen molar-refractivity contribution in [1.82, 2.24) is 4.31 Å². The Hall–Kier alpha value is -0.570. The number of halogens is 2. The first-order valence-corrected chi connectivity index (χ1v) is 9.85. The second-order valence-electron chi connectivity index (χ2n) is 6.06. The summed E-state index contributed by atoms with van der Waals surface area (Å²) in [5, 5.41) is 0.355. The molecule has 1 fully saturated rings. The van der Waals surface area contributed by atoms with Gasteiger partial charge in [0.2, 0.25) is 10.0 Å². The van der Waals surface area contributed by atoms with Crippen molar-refractivity contribution >= 4 is 34.0 Å². The first-order chi connectivity index (χ1) is 11.4. The van der Waals surface area contributed by atoms with Gasteiger partial charge in [-0.05, 0) is 43.9 Å². The van der Waals surface area contributed by atoms with Gasteiger partial charge in [0, 0.05) is 31.3 Å².